The molecular formula is C15H24N2O2. The lowest BCUT2D eigenvalue weighted by atomic mass is 10.0. The van der Waals surface area contributed by atoms with Crippen molar-refractivity contribution in [2.24, 2.45) is 5.92 Å². The average molecular weight is 264 g/mol. The van der Waals surface area contributed by atoms with E-state index in [1.165, 1.54) is 0 Å². The van der Waals surface area contributed by atoms with Gasteiger partial charge in [0.2, 0.25) is 0 Å². The molecule has 0 saturated carbocycles. The highest BCUT2D eigenvalue weighted by atomic mass is 16.5. The summed E-state index contributed by atoms with van der Waals surface area (Å²) in [5, 5.41) is 3.28. The van der Waals surface area contributed by atoms with Crippen molar-refractivity contribution in [3.8, 4) is 0 Å². The number of hydrogen-bond acceptors (Lipinski definition) is 4. The van der Waals surface area contributed by atoms with Gasteiger partial charge < -0.3 is 14.8 Å². The van der Waals surface area contributed by atoms with Gasteiger partial charge in [-0.25, -0.2) is 0 Å². The Morgan fingerprint density at radius 1 is 1.32 bits per heavy atom. The Balaban J connectivity index is 1.72. The Morgan fingerprint density at radius 3 is 2.89 bits per heavy atom. The van der Waals surface area contributed by atoms with Crippen LogP contribution in [0.1, 0.15) is 31.2 Å². The van der Waals surface area contributed by atoms with Crippen LogP contribution in [-0.4, -0.2) is 31.3 Å². The molecule has 0 bridgehead atoms. The molecule has 0 spiro atoms. The van der Waals surface area contributed by atoms with Crippen LogP contribution in [0, 0.1) is 5.92 Å². The maximum absolute atomic E-state index is 5.78. The van der Waals surface area contributed by atoms with Gasteiger partial charge in [0.15, 0.2) is 0 Å². The lowest BCUT2D eigenvalue weighted by Gasteiger charge is -2.21. The van der Waals surface area contributed by atoms with E-state index in [2.05, 4.69) is 17.2 Å². The minimum atomic E-state index is 0.608. The molecule has 0 amide bonds. The quantitative estimate of drug-likeness (QED) is 0.819. The maximum atomic E-state index is 5.78. The smallest absolute Gasteiger partial charge is 0.0888 e. The van der Waals surface area contributed by atoms with Crippen LogP contribution in [-0.2, 0) is 22.6 Å². The second-order valence-corrected chi connectivity index (χ2v) is 4.97. The summed E-state index contributed by atoms with van der Waals surface area (Å²) in [6.45, 7) is 7.08. The minimum absolute atomic E-state index is 0.608. The highest BCUT2D eigenvalue weighted by Crippen LogP contribution is 2.15. The normalized spacial score (nSPS) is 16.7. The zero-order valence-corrected chi connectivity index (χ0v) is 11.7. The number of aromatic nitrogens is 1. The van der Waals surface area contributed by atoms with Gasteiger partial charge in [0.1, 0.15) is 0 Å². The van der Waals surface area contributed by atoms with Crippen LogP contribution in [0.25, 0.3) is 0 Å². The Morgan fingerprint density at radius 2 is 2.11 bits per heavy atom. The van der Waals surface area contributed by atoms with E-state index in [9.17, 15) is 0 Å². The topological polar surface area (TPSA) is 43.4 Å². The number of rotatable bonds is 7. The van der Waals surface area contributed by atoms with Crippen LogP contribution in [0.4, 0.5) is 0 Å². The van der Waals surface area contributed by atoms with Crippen LogP contribution >= 0.6 is 0 Å². The fourth-order valence-corrected chi connectivity index (χ4v) is 2.20. The molecule has 106 valence electrons. The highest BCUT2D eigenvalue weighted by Gasteiger charge is 2.13. The average Bonchev–Trinajstić information content (AvgIpc) is 2.47. The molecule has 2 heterocycles. The third-order valence-electron chi connectivity index (χ3n) is 3.36. The van der Waals surface area contributed by atoms with Gasteiger partial charge in [0, 0.05) is 19.8 Å². The summed E-state index contributed by atoms with van der Waals surface area (Å²) in [7, 11) is 0. The van der Waals surface area contributed by atoms with E-state index in [1.807, 2.05) is 18.2 Å². The Hall–Kier alpha value is -0.970. The molecule has 19 heavy (non-hydrogen) atoms. The van der Waals surface area contributed by atoms with Crippen molar-refractivity contribution in [2.75, 3.05) is 26.4 Å². The van der Waals surface area contributed by atoms with Crippen molar-refractivity contribution < 1.29 is 9.47 Å². The fraction of sp³-hybridized carbons (Fsp3) is 0.667. The largest absolute Gasteiger partial charge is 0.381 e. The second kappa shape index (κ2) is 8.25. The standard InChI is InChI=1S/C15H24N2O2/c1-2-16-10-14-4-3-5-15(17-14)12-19-11-13-6-8-18-9-7-13/h3-5,13,16H,2,6-12H2,1H3. The Labute approximate surface area is 115 Å². The van der Waals surface area contributed by atoms with Crippen LogP contribution in [0.2, 0.25) is 0 Å². The van der Waals surface area contributed by atoms with E-state index in [0.29, 0.717) is 12.5 Å². The summed E-state index contributed by atoms with van der Waals surface area (Å²) >= 11 is 0. The highest BCUT2D eigenvalue weighted by molar-refractivity contribution is 5.10. The summed E-state index contributed by atoms with van der Waals surface area (Å²) in [5.41, 5.74) is 2.09. The van der Waals surface area contributed by atoms with E-state index < -0.39 is 0 Å². The monoisotopic (exact) mass is 264 g/mol. The number of ether oxygens (including phenoxy) is 2. The van der Waals surface area contributed by atoms with Crippen molar-refractivity contribution in [3.05, 3.63) is 29.6 Å². The van der Waals surface area contributed by atoms with Gasteiger partial charge in [-0.1, -0.05) is 13.0 Å². The fourth-order valence-electron chi connectivity index (χ4n) is 2.20. The molecular weight excluding hydrogens is 240 g/mol. The molecule has 1 aliphatic rings. The molecule has 1 saturated heterocycles. The molecule has 1 aromatic heterocycles. The summed E-state index contributed by atoms with van der Waals surface area (Å²) in [6, 6.07) is 6.12. The Bertz CT molecular complexity index is 365. The first-order valence-electron chi connectivity index (χ1n) is 7.19. The van der Waals surface area contributed by atoms with Gasteiger partial charge in [-0.15, -0.1) is 0 Å². The molecule has 1 aliphatic heterocycles. The van der Waals surface area contributed by atoms with E-state index in [4.69, 9.17) is 9.47 Å². The first-order valence-corrected chi connectivity index (χ1v) is 7.19. The predicted octanol–water partition coefficient (Wildman–Crippen LogP) is 2.13. The summed E-state index contributed by atoms with van der Waals surface area (Å²) in [5.74, 6) is 0.652. The zero-order chi connectivity index (χ0) is 13.3. The van der Waals surface area contributed by atoms with Crippen molar-refractivity contribution in [3.63, 3.8) is 0 Å². The molecule has 0 aromatic carbocycles. The van der Waals surface area contributed by atoms with Gasteiger partial charge >= 0.3 is 0 Å². The summed E-state index contributed by atoms with van der Waals surface area (Å²) in [6.07, 6.45) is 2.24. The molecule has 1 N–H and O–H groups in total. The third-order valence-corrected chi connectivity index (χ3v) is 3.36. The maximum Gasteiger partial charge on any atom is 0.0888 e. The zero-order valence-electron chi connectivity index (χ0n) is 11.7. The van der Waals surface area contributed by atoms with Crippen LogP contribution in [0.3, 0.4) is 0 Å². The van der Waals surface area contributed by atoms with Crippen molar-refractivity contribution in [1.82, 2.24) is 10.3 Å². The SMILES string of the molecule is CCNCc1cccc(COCC2CCOCC2)n1. The van der Waals surface area contributed by atoms with Gasteiger partial charge in [-0.2, -0.15) is 0 Å². The summed E-state index contributed by atoms with van der Waals surface area (Å²) in [4.78, 5) is 4.58. The number of hydrogen-bond donors (Lipinski definition) is 1. The lowest BCUT2D eigenvalue weighted by Crippen LogP contribution is -2.20. The first kappa shape index (κ1) is 14.4. The number of pyridine rings is 1. The summed E-state index contributed by atoms with van der Waals surface area (Å²) < 4.78 is 11.1. The number of nitrogens with one attached hydrogen (secondary N) is 1. The molecule has 2 rings (SSSR count). The molecule has 1 aromatic rings. The van der Waals surface area contributed by atoms with E-state index in [-0.39, 0.29) is 0 Å². The molecule has 1 fully saturated rings. The van der Waals surface area contributed by atoms with E-state index >= 15 is 0 Å². The van der Waals surface area contributed by atoms with E-state index in [1.54, 1.807) is 0 Å². The van der Waals surface area contributed by atoms with Crippen LogP contribution in [0.15, 0.2) is 18.2 Å². The van der Waals surface area contributed by atoms with Crippen molar-refractivity contribution in [2.45, 2.75) is 32.9 Å². The lowest BCUT2D eigenvalue weighted by molar-refractivity contribution is 0.0150. The van der Waals surface area contributed by atoms with Gasteiger partial charge in [-0.3, -0.25) is 4.98 Å². The van der Waals surface area contributed by atoms with Crippen LogP contribution in [0.5, 0.6) is 0 Å². The van der Waals surface area contributed by atoms with E-state index in [0.717, 1.165) is 57.1 Å². The second-order valence-electron chi connectivity index (χ2n) is 4.97. The first-order chi connectivity index (χ1) is 9.38. The van der Waals surface area contributed by atoms with Gasteiger partial charge in [0.25, 0.3) is 0 Å². The molecule has 0 atom stereocenters. The molecule has 4 nitrogen and oxygen atoms in total. The van der Waals surface area contributed by atoms with Gasteiger partial charge in [-0.05, 0) is 37.4 Å². The number of nitrogens with zero attached hydrogens (tertiary/aromatic N) is 1. The Kier molecular flexibility index (Phi) is 6.27. The molecule has 4 heteroatoms. The molecule has 0 unspecified atom stereocenters. The molecule has 0 aliphatic carbocycles. The minimum Gasteiger partial charge on any atom is -0.381 e. The van der Waals surface area contributed by atoms with Crippen molar-refractivity contribution >= 4 is 0 Å². The third kappa shape index (κ3) is 5.27. The molecule has 0 radical (unpaired) electrons. The van der Waals surface area contributed by atoms with Gasteiger partial charge in [0.05, 0.1) is 24.6 Å². The van der Waals surface area contributed by atoms with Crippen LogP contribution < -0.4 is 5.32 Å². The predicted molar refractivity (Wildman–Crippen MR) is 74.8 cm³/mol. The van der Waals surface area contributed by atoms with Crippen molar-refractivity contribution in [1.29, 1.82) is 0 Å².